The lowest BCUT2D eigenvalue weighted by atomic mass is 10.0. The van der Waals surface area contributed by atoms with Crippen molar-refractivity contribution in [1.82, 2.24) is 5.43 Å². The van der Waals surface area contributed by atoms with Crippen LogP contribution in [0.25, 0.3) is 0 Å². The van der Waals surface area contributed by atoms with Gasteiger partial charge in [-0.1, -0.05) is 66.7 Å². The predicted octanol–water partition coefficient (Wildman–Crippen LogP) is 3.74. The molecule has 0 bridgehead atoms. The maximum Gasteiger partial charge on any atom is 0.271 e. The molecule has 1 amide bonds. The van der Waals surface area contributed by atoms with Gasteiger partial charge in [0.25, 0.3) is 5.91 Å². The molecule has 25 heavy (non-hydrogen) atoms. The summed E-state index contributed by atoms with van der Waals surface area (Å²) >= 11 is 0. The van der Waals surface area contributed by atoms with E-state index in [1.54, 1.807) is 18.2 Å². The van der Waals surface area contributed by atoms with Gasteiger partial charge in [0, 0.05) is 16.7 Å². The molecule has 4 nitrogen and oxygen atoms in total. The Morgan fingerprint density at radius 2 is 1.36 bits per heavy atom. The summed E-state index contributed by atoms with van der Waals surface area (Å²) in [5, 5.41) is 13.3. The highest BCUT2D eigenvalue weighted by Crippen LogP contribution is 2.11. The molecule has 0 aromatic heterocycles. The van der Waals surface area contributed by atoms with Crippen LogP contribution in [0.1, 0.15) is 27.0 Å². The Morgan fingerprint density at radius 3 is 1.92 bits per heavy atom. The minimum absolute atomic E-state index is 0.360. The van der Waals surface area contributed by atoms with Crippen LogP contribution in [0.15, 0.2) is 90.0 Å². The van der Waals surface area contributed by atoms with E-state index in [0.717, 1.165) is 11.1 Å². The second-order valence-electron chi connectivity index (χ2n) is 5.33. The normalized spacial score (nSPS) is 9.72. The first-order valence-electron chi connectivity index (χ1n) is 7.77. The molecule has 120 valence electrons. The summed E-state index contributed by atoms with van der Waals surface area (Å²) < 4.78 is 0. The summed E-state index contributed by atoms with van der Waals surface area (Å²) in [4.78, 5) is 12.4. The zero-order valence-corrected chi connectivity index (χ0v) is 13.4. The average molecular weight is 325 g/mol. The molecule has 0 spiro atoms. The number of nitrogens with one attached hydrogen (secondary N) is 1. The molecule has 0 heterocycles. The van der Waals surface area contributed by atoms with E-state index in [0.29, 0.717) is 16.8 Å². The van der Waals surface area contributed by atoms with Gasteiger partial charge in [0.1, 0.15) is 0 Å². The Hall–Kier alpha value is -3.71. The van der Waals surface area contributed by atoms with Crippen molar-refractivity contribution in [2.24, 2.45) is 5.10 Å². The summed E-state index contributed by atoms with van der Waals surface area (Å²) in [7, 11) is 0. The number of hydrogen-bond acceptors (Lipinski definition) is 3. The first-order chi connectivity index (χ1) is 12.3. The monoisotopic (exact) mass is 325 g/mol. The van der Waals surface area contributed by atoms with Crippen molar-refractivity contribution in [2.75, 3.05) is 0 Å². The predicted molar refractivity (Wildman–Crippen MR) is 97.1 cm³/mol. The van der Waals surface area contributed by atoms with E-state index in [-0.39, 0.29) is 5.91 Å². The lowest BCUT2D eigenvalue weighted by Crippen LogP contribution is -2.20. The summed E-state index contributed by atoms with van der Waals surface area (Å²) in [5.74, 6) is -0.360. The lowest BCUT2D eigenvalue weighted by molar-refractivity contribution is 0.0955. The van der Waals surface area contributed by atoms with Crippen molar-refractivity contribution < 1.29 is 4.79 Å². The highest BCUT2D eigenvalue weighted by Gasteiger charge is 2.09. The minimum Gasteiger partial charge on any atom is -0.267 e. The molecule has 0 aliphatic heterocycles. The van der Waals surface area contributed by atoms with Crippen molar-refractivity contribution in [1.29, 1.82) is 5.26 Å². The zero-order valence-electron chi connectivity index (χ0n) is 13.4. The number of rotatable bonds is 4. The number of carbonyl (C=O) groups excluding carboxylic acids is 1. The smallest absolute Gasteiger partial charge is 0.267 e. The number of benzene rings is 3. The third kappa shape index (κ3) is 3.98. The highest BCUT2D eigenvalue weighted by molar-refractivity contribution is 6.13. The van der Waals surface area contributed by atoms with Gasteiger partial charge in [-0.25, -0.2) is 5.43 Å². The van der Waals surface area contributed by atoms with Crippen molar-refractivity contribution in [3.05, 3.63) is 107 Å². The molecule has 0 aliphatic rings. The van der Waals surface area contributed by atoms with Crippen molar-refractivity contribution in [2.45, 2.75) is 0 Å². The van der Waals surface area contributed by atoms with Crippen LogP contribution < -0.4 is 5.43 Å². The van der Waals surface area contributed by atoms with Crippen molar-refractivity contribution in [3.63, 3.8) is 0 Å². The summed E-state index contributed by atoms with van der Waals surface area (Å²) in [6.45, 7) is 0. The molecular formula is C21H15N3O. The Balaban J connectivity index is 1.91. The van der Waals surface area contributed by atoms with Gasteiger partial charge in [-0.2, -0.15) is 10.4 Å². The molecule has 0 aliphatic carbocycles. The minimum atomic E-state index is -0.360. The Bertz CT molecular complexity index is 900. The third-order valence-electron chi connectivity index (χ3n) is 3.62. The maximum absolute atomic E-state index is 12.4. The van der Waals surface area contributed by atoms with Gasteiger partial charge in [-0.3, -0.25) is 4.79 Å². The van der Waals surface area contributed by atoms with Crippen LogP contribution in [0.3, 0.4) is 0 Å². The van der Waals surface area contributed by atoms with Gasteiger partial charge < -0.3 is 0 Å². The summed E-state index contributed by atoms with van der Waals surface area (Å²) in [5.41, 5.74) is 5.89. The molecule has 4 heteroatoms. The maximum atomic E-state index is 12.4. The van der Waals surface area contributed by atoms with Crippen molar-refractivity contribution in [3.8, 4) is 6.07 Å². The quantitative estimate of drug-likeness (QED) is 0.586. The number of carbonyl (C=O) groups is 1. The topological polar surface area (TPSA) is 65.2 Å². The second kappa shape index (κ2) is 7.71. The SMILES string of the molecule is N#Cc1cccc(C(=O)NN=C(c2ccccc2)c2ccccc2)c1. The van der Waals surface area contributed by atoms with Crippen molar-refractivity contribution >= 4 is 11.6 Å². The van der Waals surface area contributed by atoms with Gasteiger partial charge in [-0.15, -0.1) is 0 Å². The summed E-state index contributed by atoms with van der Waals surface area (Å²) in [6, 6.07) is 27.8. The molecule has 0 saturated heterocycles. The van der Waals surface area contributed by atoms with Crippen LogP contribution in [-0.2, 0) is 0 Å². The van der Waals surface area contributed by atoms with E-state index in [2.05, 4.69) is 10.5 Å². The van der Waals surface area contributed by atoms with Crippen LogP contribution in [0.5, 0.6) is 0 Å². The Kier molecular flexibility index (Phi) is 4.98. The first kappa shape index (κ1) is 16.2. The number of hydrogen-bond donors (Lipinski definition) is 1. The van der Waals surface area contributed by atoms with Crippen LogP contribution in [0.2, 0.25) is 0 Å². The number of amides is 1. The fourth-order valence-corrected chi connectivity index (χ4v) is 2.39. The molecule has 1 N–H and O–H groups in total. The van der Waals surface area contributed by atoms with Gasteiger partial charge in [0.2, 0.25) is 0 Å². The number of nitrogens with zero attached hydrogens (tertiary/aromatic N) is 2. The lowest BCUT2D eigenvalue weighted by Gasteiger charge is -2.08. The fraction of sp³-hybridized carbons (Fsp3) is 0. The van der Waals surface area contributed by atoms with E-state index in [1.807, 2.05) is 66.7 Å². The van der Waals surface area contributed by atoms with Crippen LogP contribution >= 0.6 is 0 Å². The molecule has 3 aromatic carbocycles. The van der Waals surface area contributed by atoms with Gasteiger partial charge in [-0.05, 0) is 18.2 Å². The molecule has 3 rings (SSSR count). The van der Waals surface area contributed by atoms with E-state index in [1.165, 1.54) is 6.07 Å². The highest BCUT2D eigenvalue weighted by atomic mass is 16.2. The average Bonchev–Trinajstić information content (AvgIpc) is 2.69. The van der Waals surface area contributed by atoms with Gasteiger partial charge in [0.05, 0.1) is 17.3 Å². The number of hydrazone groups is 1. The standard InChI is InChI=1S/C21H15N3O/c22-15-16-8-7-13-19(14-16)21(25)24-23-20(17-9-3-1-4-10-17)18-11-5-2-6-12-18/h1-14H,(H,24,25). The molecule has 3 aromatic rings. The molecule has 0 unspecified atom stereocenters. The third-order valence-corrected chi connectivity index (χ3v) is 3.62. The first-order valence-corrected chi connectivity index (χ1v) is 7.77. The van der Waals surface area contributed by atoms with Gasteiger partial charge >= 0.3 is 0 Å². The molecular weight excluding hydrogens is 310 g/mol. The zero-order chi connectivity index (χ0) is 17.5. The van der Waals surface area contributed by atoms with E-state index >= 15 is 0 Å². The Morgan fingerprint density at radius 1 is 0.800 bits per heavy atom. The van der Waals surface area contributed by atoms with E-state index in [4.69, 9.17) is 5.26 Å². The molecule has 0 saturated carbocycles. The van der Waals surface area contributed by atoms with Crippen LogP contribution in [-0.4, -0.2) is 11.6 Å². The Labute approximate surface area is 146 Å². The largest absolute Gasteiger partial charge is 0.271 e. The van der Waals surface area contributed by atoms with E-state index < -0.39 is 0 Å². The number of nitriles is 1. The van der Waals surface area contributed by atoms with Gasteiger partial charge in [0.15, 0.2) is 0 Å². The molecule has 0 atom stereocenters. The van der Waals surface area contributed by atoms with E-state index in [9.17, 15) is 4.79 Å². The second-order valence-corrected chi connectivity index (χ2v) is 5.33. The fourth-order valence-electron chi connectivity index (χ4n) is 2.39. The molecule has 0 fully saturated rings. The molecule has 0 radical (unpaired) electrons. The van der Waals surface area contributed by atoms with Crippen LogP contribution in [0.4, 0.5) is 0 Å². The summed E-state index contributed by atoms with van der Waals surface area (Å²) in [6.07, 6.45) is 0. The van der Waals surface area contributed by atoms with Crippen LogP contribution in [0, 0.1) is 11.3 Å².